The number of fused-ring (bicyclic) bond motifs is 4. The number of thiophene rings is 1. The summed E-state index contributed by atoms with van der Waals surface area (Å²) < 4.78 is 32.3. The molecule has 0 bridgehead atoms. The summed E-state index contributed by atoms with van der Waals surface area (Å²) in [6.45, 7) is 9.12. The third-order valence-electron chi connectivity index (χ3n) is 8.73. The van der Waals surface area contributed by atoms with Crippen LogP contribution in [0.1, 0.15) is 55.6 Å². The van der Waals surface area contributed by atoms with Gasteiger partial charge in [-0.2, -0.15) is 15.2 Å². The second-order valence-electron chi connectivity index (χ2n) is 13.5. The van der Waals surface area contributed by atoms with Gasteiger partial charge in [-0.1, -0.05) is 22.8 Å². The fourth-order valence-electron chi connectivity index (χ4n) is 6.46. The molecule has 13 nitrogen and oxygen atoms in total. The zero-order chi connectivity index (χ0) is 35.5. The van der Waals surface area contributed by atoms with Crippen molar-refractivity contribution >= 4 is 66.8 Å². The van der Waals surface area contributed by atoms with Crippen LogP contribution >= 0.6 is 22.9 Å². The van der Waals surface area contributed by atoms with Crippen molar-refractivity contribution in [2.45, 2.75) is 65.5 Å². The van der Waals surface area contributed by atoms with Crippen LogP contribution in [0.2, 0.25) is 5.02 Å². The molecule has 3 aromatic heterocycles. The lowest BCUT2D eigenvalue weighted by Gasteiger charge is -2.23. The smallest absolute Gasteiger partial charge is 0.412 e. The Bertz CT molecular complexity index is 2210. The summed E-state index contributed by atoms with van der Waals surface area (Å²) in [7, 11) is 4.11. The number of ether oxygens (including phenoxy) is 2. The highest BCUT2D eigenvalue weighted by Gasteiger charge is 2.32. The molecular weight excluding hydrogens is 685 g/mol. The number of aromatic nitrogens is 4. The van der Waals surface area contributed by atoms with Gasteiger partial charge < -0.3 is 29.1 Å². The van der Waals surface area contributed by atoms with E-state index in [9.17, 15) is 10.1 Å². The third kappa shape index (κ3) is 6.17. The average molecular weight is 720 g/mol. The van der Waals surface area contributed by atoms with Gasteiger partial charge in [-0.3, -0.25) is 5.32 Å². The number of likely N-dealkylation sites (N-methyl/N-ethyl adjacent to an activating group) is 1. The maximum Gasteiger partial charge on any atom is 0.412 e. The maximum atomic E-state index is 15.5. The largest absolute Gasteiger partial charge is 0.444 e. The Morgan fingerprint density at radius 3 is 2.68 bits per heavy atom. The molecule has 1 atom stereocenters. The van der Waals surface area contributed by atoms with Gasteiger partial charge in [0.05, 0.1) is 45.9 Å². The highest BCUT2D eigenvalue weighted by atomic mass is 35.5. The Labute approximate surface area is 296 Å². The molecule has 2 N–H and O–H groups in total. The number of aryl methyl sites for hydroxylation is 1. The molecule has 2 aliphatic heterocycles. The lowest BCUT2D eigenvalue weighted by Crippen LogP contribution is -2.32. The summed E-state index contributed by atoms with van der Waals surface area (Å²) in [5, 5.41) is 21.9. The standard InChI is InChI=1S/C34H35ClFN9O4S/c1-16-39-23(43-49-16)12-38-30-26-21-15-47-14-20(21)24(27(35)28(26)40-32(41-30)45-10-9-17(13-45)44(5)6)18-7-8-22(36)29-25(18)19(11-37)31(50-29)42-33(46)48-34(2,3)4/h7-8,17H,9-10,12-15H2,1-6H3,(H,42,46)(H,38,40,41)/t17-/m0/s1. The summed E-state index contributed by atoms with van der Waals surface area (Å²) in [4.78, 5) is 31.4. The van der Waals surface area contributed by atoms with Crippen LogP contribution in [0, 0.1) is 24.1 Å². The summed E-state index contributed by atoms with van der Waals surface area (Å²) >= 11 is 8.37. The Balaban J connectivity index is 1.43. The molecule has 0 aliphatic carbocycles. The van der Waals surface area contributed by atoms with Crippen LogP contribution in [-0.4, -0.2) is 69.9 Å². The van der Waals surface area contributed by atoms with Crippen molar-refractivity contribution in [1.82, 2.24) is 25.0 Å². The number of halogens is 2. The van der Waals surface area contributed by atoms with E-state index in [1.165, 1.54) is 6.07 Å². The van der Waals surface area contributed by atoms with Gasteiger partial charge in [-0.15, -0.1) is 11.3 Å². The van der Waals surface area contributed by atoms with Crippen molar-refractivity contribution in [3.63, 3.8) is 0 Å². The number of carbonyl (C=O) groups excluding carboxylic acids is 1. The van der Waals surface area contributed by atoms with Gasteiger partial charge in [0.15, 0.2) is 5.82 Å². The topological polar surface area (TPSA) is 155 Å². The van der Waals surface area contributed by atoms with Crippen LogP contribution in [0.5, 0.6) is 0 Å². The number of hydrogen-bond acceptors (Lipinski definition) is 13. The number of nitriles is 1. The quantitative estimate of drug-likeness (QED) is 0.178. The minimum Gasteiger partial charge on any atom is -0.444 e. The molecule has 7 rings (SSSR count). The number of anilines is 3. The van der Waals surface area contributed by atoms with E-state index in [0.29, 0.717) is 62.0 Å². The monoisotopic (exact) mass is 719 g/mol. The Morgan fingerprint density at radius 1 is 1.22 bits per heavy atom. The molecule has 0 radical (unpaired) electrons. The first-order valence-electron chi connectivity index (χ1n) is 16.1. The first kappa shape index (κ1) is 33.9. The minimum absolute atomic E-state index is 0.0992. The third-order valence-corrected chi connectivity index (χ3v) is 10.2. The number of amides is 1. The number of benzene rings is 2. The molecule has 50 heavy (non-hydrogen) atoms. The van der Waals surface area contributed by atoms with Gasteiger partial charge in [0.1, 0.15) is 28.3 Å². The van der Waals surface area contributed by atoms with Crippen LogP contribution in [0.15, 0.2) is 16.7 Å². The zero-order valence-corrected chi connectivity index (χ0v) is 30.0. The molecular formula is C34H35ClFN9O4S. The van der Waals surface area contributed by atoms with Crippen LogP contribution in [0.25, 0.3) is 32.1 Å². The molecule has 2 aromatic carbocycles. The fourth-order valence-corrected chi connectivity index (χ4v) is 7.88. The molecule has 5 heterocycles. The SMILES string of the molecule is Cc1nc(CNc2nc(N3CC[C@H](N(C)C)C3)nc3c(Cl)c(-c4ccc(F)c5sc(NC(=O)OC(C)(C)C)c(C#N)c45)c4c(c23)COC4)no1. The zero-order valence-electron chi connectivity index (χ0n) is 28.4. The van der Waals surface area contributed by atoms with E-state index < -0.39 is 17.5 Å². The van der Waals surface area contributed by atoms with Crippen molar-refractivity contribution < 1.29 is 23.2 Å². The minimum atomic E-state index is -0.773. The highest BCUT2D eigenvalue weighted by Crippen LogP contribution is 2.50. The summed E-state index contributed by atoms with van der Waals surface area (Å²) in [5.74, 6) is 1.42. The molecule has 0 saturated carbocycles. The molecule has 2 aliphatic rings. The normalized spacial score (nSPS) is 16.0. The van der Waals surface area contributed by atoms with E-state index >= 15 is 4.39 Å². The number of nitrogens with zero attached hydrogens (tertiary/aromatic N) is 7. The van der Waals surface area contributed by atoms with Crippen LogP contribution in [0.4, 0.5) is 26.0 Å². The van der Waals surface area contributed by atoms with Gasteiger partial charge in [0.25, 0.3) is 0 Å². The summed E-state index contributed by atoms with van der Waals surface area (Å²) in [6, 6.07) is 5.46. The molecule has 16 heteroatoms. The predicted molar refractivity (Wildman–Crippen MR) is 189 cm³/mol. The Kier molecular flexibility index (Phi) is 8.75. The molecule has 260 valence electrons. The predicted octanol–water partition coefficient (Wildman–Crippen LogP) is 7.00. The maximum absolute atomic E-state index is 15.5. The van der Waals surface area contributed by atoms with Gasteiger partial charge in [-0.25, -0.2) is 14.2 Å². The fraction of sp³-hybridized carbons (Fsp3) is 0.412. The lowest BCUT2D eigenvalue weighted by molar-refractivity contribution is 0.0636. The average Bonchev–Trinajstić information content (AvgIpc) is 3.86. The molecule has 0 spiro atoms. The van der Waals surface area contributed by atoms with Gasteiger partial charge in [0, 0.05) is 37.0 Å². The van der Waals surface area contributed by atoms with E-state index in [1.807, 2.05) is 0 Å². The van der Waals surface area contributed by atoms with E-state index in [2.05, 4.69) is 50.7 Å². The van der Waals surface area contributed by atoms with Crippen molar-refractivity contribution in [2.75, 3.05) is 42.7 Å². The molecule has 5 aromatic rings. The number of rotatable bonds is 7. The first-order chi connectivity index (χ1) is 23.8. The highest BCUT2D eigenvalue weighted by molar-refractivity contribution is 7.23. The van der Waals surface area contributed by atoms with E-state index in [1.54, 1.807) is 33.8 Å². The molecule has 1 saturated heterocycles. The van der Waals surface area contributed by atoms with Crippen LogP contribution in [-0.2, 0) is 29.2 Å². The molecule has 1 fully saturated rings. The number of nitrogens with one attached hydrogen (secondary N) is 2. The lowest BCUT2D eigenvalue weighted by atomic mass is 9.91. The summed E-state index contributed by atoms with van der Waals surface area (Å²) in [6.07, 6.45) is 0.192. The van der Waals surface area contributed by atoms with Gasteiger partial charge in [-0.05, 0) is 64.0 Å². The summed E-state index contributed by atoms with van der Waals surface area (Å²) in [5.41, 5.74) is 2.50. The van der Waals surface area contributed by atoms with Crippen molar-refractivity contribution in [1.29, 1.82) is 5.26 Å². The van der Waals surface area contributed by atoms with Gasteiger partial charge >= 0.3 is 6.09 Å². The second kappa shape index (κ2) is 12.9. The Morgan fingerprint density at radius 2 is 2.00 bits per heavy atom. The number of hydrogen-bond donors (Lipinski definition) is 2. The van der Waals surface area contributed by atoms with Crippen LogP contribution in [0.3, 0.4) is 0 Å². The van der Waals surface area contributed by atoms with E-state index in [-0.39, 0.29) is 35.0 Å². The van der Waals surface area contributed by atoms with Crippen molar-refractivity contribution in [3.8, 4) is 17.2 Å². The van der Waals surface area contributed by atoms with Crippen molar-refractivity contribution in [3.05, 3.63) is 51.4 Å². The van der Waals surface area contributed by atoms with Crippen LogP contribution < -0.4 is 15.5 Å². The first-order valence-corrected chi connectivity index (χ1v) is 17.2. The van der Waals surface area contributed by atoms with Gasteiger partial charge in [0.2, 0.25) is 11.8 Å². The van der Waals surface area contributed by atoms with E-state index in [4.69, 9.17) is 35.6 Å². The second-order valence-corrected chi connectivity index (χ2v) is 14.9. The molecule has 0 unspecified atom stereocenters. The Hall–Kier alpha value is -4.62. The van der Waals surface area contributed by atoms with E-state index in [0.717, 1.165) is 42.0 Å². The molecule has 1 amide bonds. The number of carbonyl (C=O) groups is 1. The van der Waals surface area contributed by atoms with Crippen molar-refractivity contribution in [2.24, 2.45) is 0 Å².